The van der Waals surface area contributed by atoms with E-state index in [0.717, 1.165) is 50.5 Å². The molecule has 162 valence electrons. The lowest BCUT2D eigenvalue weighted by atomic mass is 9.95. The molecule has 0 saturated carbocycles. The topological polar surface area (TPSA) is 71.8 Å². The van der Waals surface area contributed by atoms with Crippen molar-refractivity contribution in [2.75, 3.05) is 18.1 Å². The number of ether oxygens (including phenoxy) is 1. The molecule has 1 N–H and O–H groups in total. The molecule has 2 aliphatic rings. The van der Waals surface area contributed by atoms with Crippen LogP contribution in [0.3, 0.4) is 0 Å². The summed E-state index contributed by atoms with van der Waals surface area (Å²) in [6.07, 6.45) is 2.82. The first-order chi connectivity index (χ1) is 15.4. The Morgan fingerprint density at radius 2 is 2.06 bits per heavy atom. The average Bonchev–Trinajstić information content (AvgIpc) is 3.32. The summed E-state index contributed by atoms with van der Waals surface area (Å²) in [5, 5.41) is 3.88. The van der Waals surface area contributed by atoms with E-state index < -0.39 is 0 Å². The number of hydrogen-bond acceptors (Lipinski definition) is 6. The van der Waals surface area contributed by atoms with Gasteiger partial charge in [-0.1, -0.05) is 6.07 Å². The molecule has 0 radical (unpaired) electrons. The van der Waals surface area contributed by atoms with Gasteiger partial charge >= 0.3 is 0 Å². The van der Waals surface area contributed by atoms with Crippen molar-refractivity contribution in [3.05, 3.63) is 58.9 Å². The number of aromatic nitrogens is 3. The van der Waals surface area contributed by atoms with Gasteiger partial charge in [0.15, 0.2) is 5.13 Å². The van der Waals surface area contributed by atoms with Gasteiger partial charge in [-0.2, -0.15) is 0 Å². The first kappa shape index (κ1) is 19.3. The number of carbonyl (C=O) groups excluding carboxylic acids is 1. The number of thiazole rings is 1. The Kier molecular flexibility index (Phi) is 4.10. The Balaban J connectivity index is 1.46. The Hall–Kier alpha value is -3.39. The van der Waals surface area contributed by atoms with Crippen molar-refractivity contribution in [3.8, 4) is 17.0 Å². The molecule has 0 fully saturated rings. The highest BCUT2D eigenvalue weighted by Gasteiger charge is 2.35. The fourth-order valence-corrected chi connectivity index (χ4v) is 5.91. The molecule has 32 heavy (non-hydrogen) atoms. The minimum absolute atomic E-state index is 0.0951. The van der Waals surface area contributed by atoms with Crippen LogP contribution in [-0.4, -0.2) is 39.0 Å². The second-order valence-electron chi connectivity index (χ2n) is 8.94. The minimum atomic E-state index is -0.259. The second kappa shape index (κ2) is 6.80. The Bertz CT molecular complexity index is 1390. The summed E-state index contributed by atoms with van der Waals surface area (Å²) in [6, 6.07) is 12.3. The maximum absolute atomic E-state index is 12.6. The molecular weight excluding hydrogens is 422 g/mol. The number of anilines is 2. The number of rotatable bonds is 2. The number of nitrogens with one attached hydrogen (secondary N) is 1. The third-order valence-electron chi connectivity index (χ3n) is 5.99. The average molecular weight is 446 g/mol. The van der Waals surface area contributed by atoms with Gasteiger partial charge in [0, 0.05) is 28.6 Å². The van der Waals surface area contributed by atoms with Crippen LogP contribution >= 0.6 is 11.3 Å². The van der Waals surface area contributed by atoms with Crippen LogP contribution in [0.5, 0.6) is 5.75 Å². The number of nitrogens with zero attached hydrogens (tertiary/aromatic N) is 4. The monoisotopic (exact) mass is 445 g/mol. The van der Waals surface area contributed by atoms with Gasteiger partial charge in [0.05, 0.1) is 23.6 Å². The standard InChI is InChI=1S/C24H23N5O2S/c1-14-21(29-9-5-4-6-19(29)25-14)15-7-8-17-16(12-15)28(10-11-31-17)23-26-20-18(32-23)13-24(2,3)27-22(20)30/h4-9,12H,10-11,13H2,1-3H3,(H,27,30). The lowest BCUT2D eigenvalue weighted by Crippen LogP contribution is -2.48. The maximum Gasteiger partial charge on any atom is 0.271 e. The van der Waals surface area contributed by atoms with Crippen molar-refractivity contribution in [2.45, 2.75) is 32.7 Å². The van der Waals surface area contributed by atoms with Crippen molar-refractivity contribution in [3.63, 3.8) is 0 Å². The van der Waals surface area contributed by atoms with E-state index in [1.54, 1.807) is 11.3 Å². The molecule has 3 aromatic heterocycles. The Morgan fingerprint density at radius 3 is 2.94 bits per heavy atom. The molecule has 0 unspecified atom stereocenters. The first-order valence-electron chi connectivity index (χ1n) is 10.7. The maximum atomic E-state index is 12.6. The second-order valence-corrected chi connectivity index (χ2v) is 10.0. The fraction of sp³-hybridized carbons (Fsp3) is 0.292. The summed E-state index contributed by atoms with van der Waals surface area (Å²) in [4.78, 5) is 25.2. The quantitative estimate of drug-likeness (QED) is 0.496. The third-order valence-corrected chi connectivity index (χ3v) is 7.06. The van der Waals surface area contributed by atoms with Gasteiger partial charge < -0.3 is 15.0 Å². The van der Waals surface area contributed by atoms with Crippen LogP contribution < -0.4 is 15.0 Å². The predicted molar refractivity (Wildman–Crippen MR) is 125 cm³/mol. The molecule has 5 heterocycles. The molecular formula is C24H23N5O2S. The normalized spacial score (nSPS) is 17.0. The molecule has 0 spiro atoms. The number of imidazole rings is 1. The summed E-state index contributed by atoms with van der Waals surface area (Å²) in [5.41, 5.74) is 5.28. The molecule has 8 heteroatoms. The zero-order valence-electron chi connectivity index (χ0n) is 18.2. The van der Waals surface area contributed by atoms with Crippen LogP contribution in [0.2, 0.25) is 0 Å². The van der Waals surface area contributed by atoms with Crippen molar-refractivity contribution in [2.24, 2.45) is 0 Å². The summed E-state index contributed by atoms with van der Waals surface area (Å²) < 4.78 is 8.07. The molecule has 0 bridgehead atoms. The third kappa shape index (κ3) is 2.97. The number of pyridine rings is 1. The van der Waals surface area contributed by atoms with Gasteiger partial charge in [-0.05, 0) is 51.1 Å². The fourth-order valence-electron chi connectivity index (χ4n) is 4.59. The molecule has 0 saturated heterocycles. The highest BCUT2D eigenvalue weighted by Crippen LogP contribution is 2.42. The zero-order valence-corrected chi connectivity index (χ0v) is 19.0. The van der Waals surface area contributed by atoms with E-state index in [-0.39, 0.29) is 11.4 Å². The Labute approximate surface area is 189 Å². The highest BCUT2D eigenvalue weighted by atomic mass is 32.1. The van der Waals surface area contributed by atoms with Crippen LogP contribution in [0.1, 0.15) is 34.9 Å². The van der Waals surface area contributed by atoms with Crippen LogP contribution in [0.15, 0.2) is 42.6 Å². The van der Waals surface area contributed by atoms with Crippen molar-refractivity contribution >= 4 is 33.7 Å². The number of amides is 1. The van der Waals surface area contributed by atoms with E-state index in [4.69, 9.17) is 14.7 Å². The van der Waals surface area contributed by atoms with Crippen LogP contribution in [0.4, 0.5) is 10.8 Å². The summed E-state index contributed by atoms with van der Waals surface area (Å²) >= 11 is 1.60. The van der Waals surface area contributed by atoms with Crippen LogP contribution in [0, 0.1) is 6.92 Å². The SMILES string of the molecule is Cc1nc2ccccn2c1-c1ccc2c(c1)N(c1nc3c(s1)CC(C)(C)NC3=O)CCO2. The van der Waals surface area contributed by atoms with E-state index in [0.29, 0.717) is 18.8 Å². The summed E-state index contributed by atoms with van der Waals surface area (Å²) in [6.45, 7) is 7.37. The number of carbonyl (C=O) groups is 1. The van der Waals surface area contributed by atoms with E-state index >= 15 is 0 Å². The molecule has 7 nitrogen and oxygen atoms in total. The van der Waals surface area contributed by atoms with Crippen molar-refractivity contribution < 1.29 is 9.53 Å². The van der Waals surface area contributed by atoms with Gasteiger partial charge in [0.2, 0.25) is 0 Å². The van der Waals surface area contributed by atoms with E-state index in [9.17, 15) is 4.79 Å². The van der Waals surface area contributed by atoms with Crippen molar-refractivity contribution in [1.82, 2.24) is 19.7 Å². The van der Waals surface area contributed by atoms with Crippen LogP contribution in [-0.2, 0) is 6.42 Å². The van der Waals surface area contributed by atoms with Gasteiger partial charge in [-0.3, -0.25) is 9.20 Å². The van der Waals surface area contributed by atoms with Gasteiger partial charge in [-0.25, -0.2) is 9.97 Å². The van der Waals surface area contributed by atoms with E-state index in [2.05, 4.69) is 26.8 Å². The van der Waals surface area contributed by atoms with E-state index in [1.807, 2.05) is 51.2 Å². The van der Waals surface area contributed by atoms with Gasteiger partial charge in [-0.15, -0.1) is 11.3 Å². The number of benzene rings is 1. The zero-order chi connectivity index (χ0) is 22.0. The predicted octanol–water partition coefficient (Wildman–Crippen LogP) is 4.36. The van der Waals surface area contributed by atoms with Gasteiger partial charge in [0.25, 0.3) is 5.91 Å². The van der Waals surface area contributed by atoms with Gasteiger partial charge in [0.1, 0.15) is 23.7 Å². The first-order valence-corrected chi connectivity index (χ1v) is 11.5. The molecule has 2 aliphatic heterocycles. The number of aryl methyl sites for hydroxylation is 1. The van der Waals surface area contributed by atoms with Crippen molar-refractivity contribution in [1.29, 1.82) is 0 Å². The molecule has 1 amide bonds. The number of fused-ring (bicyclic) bond motifs is 3. The summed E-state index contributed by atoms with van der Waals surface area (Å²) in [5.74, 6) is 0.728. The lowest BCUT2D eigenvalue weighted by Gasteiger charge is -2.29. The molecule has 4 aromatic rings. The molecule has 1 aromatic carbocycles. The smallest absolute Gasteiger partial charge is 0.271 e. The lowest BCUT2D eigenvalue weighted by molar-refractivity contribution is 0.0893. The Morgan fingerprint density at radius 1 is 1.19 bits per heavy atom. The highest BCUT2D eigenvalue weighted by molar-refractivity contribution is 7.16. The van der Waals surface area contributed by atoms with Crippen LogP contribution in [0.25, 0.3) is 16.9 Å². The molecule has 0 aliphatic carbocycles. The minimum Gasteiger partial charge on any atom is -0.490 e. The number of hydrogen-bond donors (Lipinski definition) is 1. The molecule has 6 rings (SSSR count). The van der Waals surface area contributed by atoms with E-state index in [1.165, 1.54) is 0 Å². The summed E-state index contributed by atoms with van der Waals surface area (Å²) in [7, 11) is 0. The molecule has 0 atom stereocenters. The largest absolute Gasteiger partial charge is 0.490 e.